The number of nitrogens with zero attached hydrogens (tertiary/aromatic N) is 2. The zero-order chi connectivity index (χ0) is 25.9. The molecule has 3 amide bonds. The molecule has 2 aromatic rings. The Kier molecular flexibility index (Phi) is 7.46. The molecular formula is C29H35N3O5. The minimum absolute atomic E-state index is 0.0163. The topological polar surface area (TPSA) is 88.2 Å². The van der Waals surface area contributed by atoms with Gasteiger partial charge in [0.15, 0.2) is 0 Å². The molecule has 1 N–H and O–H groups in total. The van der Waals surface area contributed by atoms with Crippen LogP contribution < -0.4 is 14.8 Å². The first-order valence-electron chi connectivity index (χ1n) is 13.2. The molecule has 3 atom stereocenters. The molecule has 1 saturated carbocycles. The number of imide groups is 1. The van der Waals surface area contributed by atoms with Crippen molar-refractivity contribution in [1.29, 1.82) is 0 Å². The van der Waals surface area contributed by atoms with Crippen molar-refractivity contribution >= 4 is 17.7 Å². The zero-order valence-corrected chi connectivity index (χ0v) is 21.6. The van der Waals surface area contributed by atoms with Crippen molar-refractivity contribution in [1.82, 2.24) is 15.1 Å². The molecule has 0 spiro atoms. The van der Waals surface area contributed by atoms with Crippen molar-refractivity contribution < 1.29 is 23.9 Å². The predicted octanol–water partition coefficient (Wildman–Crippen LogP) is 3.64. The average Bonchev–Trinajstić information content (AvgIpc) is 3.19. The number of benzene rings is 2. The summed E-state index contributed by atoms with van der Waals surface area (Å²) in [6.45, 7) is 1.04. The van der Waals surface area contributed by atoms with Gasteiger partial charge in [-0.3, -0.25) is 19.3 Å². The highest BCUT2D eigenvalue weighted by molar-refractivity contribution is 6.21. The van der Waals surface area contributed by atoms with Crippen LogP contribution >= 0.6 is 0 Å². The van der Waals surface area contributed by atoms with Crippen LogP contribution in [0.3, 0.4) is 0 Å². The highest BCUT2D eigenvalue weighted by atomic mass is 16.5. The second-order valence-electron chi connectivity index (χ2n) is 10.2. The summed E-state index contributed by atoms with van der Waals surface area (Å²) < 4.78 is 10.8. The lowest BCUT2D eigenvalue weighted by Crippen LogP contribution is -2.58. The Morgan fingerprint density at radius 2 is 1.68 bits per heavy atom. The third-order valence-electron chi connectivity index (χ3n) is 8.10. The van der Waals surface area contributed by atoms with Gasteiger partial charge in [-0.15, -0.1) is 0 Å². The number of likely N-dealkylation sites (tertiary alicyclic amines) is 1. The summed E-state index contributed by atoms with van der Waals surface area (Å²) >= 11 is 0. The third-order valence-corrected chi connectivity index (χ3v) is 8.10. The molecule has 2 aromatic carbocycles. The first-order chi connectivity index (χ1) is 18.0. The van der Waals surface area contributed by atoms with E-state index >= 15 is 0 Å². The van der Waals surface area contributed by atoms with Gasteiger partial charge in [-0.25, -0.2) is 0 Å². The van der Waals surface area contributed by atoms with E-state index in [0.29, 0.717) is 41.6 Å². The molecule has 0 bridgehead atoms. The number of hydrogen-bond acceptors (Lipinski definition) is 6. The van der Waals surface area contributed by atoms with Crippen molar-refractivity contribution in [2.75, 3.05) is 27.3 Å². The summed E-state index contributed by atoms with van der Waals surface area (Å²) in [6.07, 6.45) is 6.67. The molecule has 0 aromatic heterocycles. The van der Waals surface area contributed by atoms with Crippen molar-refractivity contribution in [2.24, 2.45) is 5.92 Å². The highest BCUT2D eigenvalue weighted by Crippen LogP contribution is 2.36. The van der Waals surface area contributed by atoms with E-state index in [1.165, 1.54) is 11.3 Å². The van der Waals surface area contributed by atoms with Crippen LogP contribution in [0, 0.1) is 5.92 Å². The number of fused-ring (bicyclic) bond motifs is 2. The third kappa shape index (κ3) is 4.94. The predicted molar refractivity (Wildman–Crippen MR) is 139 cm³/mol. The molecule has 8 heteroatoms. The van der Waals surface area contributed by atoms with Crippen LogP contribution in [0.4, 0.5) is 0 Å². The highest BCUT2D eigenvalue weighted by Gasteiger charge is 2.41. The Morgan fingerprint density at radius 1 is 0.973 bits per heavy atom. The molecule has 8 nitrogen and oxygen atoms in total. The van der Waals surface area contributed by atoms with E-state index in [2.05, 4.69) is 5.32 Å². The maximum atomic E-state index is 14.1. The number of ether oxygens (including phenoxy) is 2. The van der Waals surface area contributed by atoms with Crippen LogP contribution in [-0.4, -0.2) is 66.9 Å². The molecule has 1 aliphatic carbocycles. The Bertz CT molecular complexity index is 1140. The minimum Gasteiger partial charge on any atom is -0.497 e. The second kappa shape index (κ2) is 10.9. The summed E-state index contributed by atoms with van der Waals surface area (Å²) in [7, 11) is 3.19. The van der Waals surface area contributed by atoms with Crippen LogP contribution in [0.5, 0.6) is 11.5 Å². The van der Waals surface area contributed by atoms with Gasteiger partial charge >= 0.3 is 0 Å². The maximum absolute atomic E-state index is 14.1. The first-order valence-corrected chi connectivity index (χ1v) is 13.2. The Morgan fingerprint density at radius 3 is 2.38 bits per heavy atom. The van der Waals surface area contributed by atoms with E-state index in [4.69, 9.17) is 9.47 Å². The number of nitrogens with one attached hydrogen (secondary N) is 1. The molecule has 0 unspecified atom stereocenters. The number of rotatable bonds is 8. The number of hydrogen-bond donors (Lipinski definition) is 1. The lowest BCUT2D eigenvalue weighted by Gasteiger charge is -2.45. The Hall–Kier alpha value is -3.39. The molecule has 5 rings (SSSR count). The molecule has 2 fully saturated rings. The molecule has 37 heavy (non-hydrogen) atoms. The van der Waals surface area contributed by atoms with Gasteiger partial charge in [0.05, 0.1) is 31.9 Å². The summed E-state index contributed by atoms with van der Waals surface area (Å²) in [5, 5.41) is 3.38. The standard InChI is InChI=1S/C29H35N3O5/c1-36-21-14-13-20(26(16-21)37-2)17-30-24(18-32-27(33)22-10-4-5-11-23(22)28(32)34)29(35)31-15-7-9-19-8-3-6-12-25(19)31/h4-5,10-11,13-14,16,19,24-25,30H,3,6-9,12,15,17-18H2,1-2H3/t19-,24-,25+/m1/s1. The van der Waals surface area contributed by atoms with E-state index < -0.39 is 6.04 Å². The molecular weight excluding hydrogens is 470 g/mol. The summed E-state index contributed by atoms with van der Waals surface area (Å²) in [5.74, 6) is 1.11. The lowest BCUT2D eigenvalue weighted by molar-refractivity contribution is -0.140. The van der Waals surface area contributed by atoms with E-state index in [9.17, 15) is 14.4 Å². The van der Waals surface area contributed by atoms with Gasteiger partial charge in [-0.2, -0.15) is 0 Å². The van der Waals surface area contributed by atoms with E-state index in [1.54, 1.807) is 44.6 Å². The lowest BCUT2D eigenvalue weighted by atomic mass is 9.78. The fourth-order valence-corrected chi connectivity index (χ4v) is 6.15. The fourth-order valence-electron chi connectivity index (χ4n) is 6.15. The van der Waals surface area contributed by atoms with Gasteiger partial charge < -0.3 is 19.7 Å². The Labute approximate surface area is 217 Å². The first kappa shape index (κ1) is 25.3. The van der Waals surface area contributed by atoms with Gasteiger partial charge in [0.1, 0.15) is 17.5 Å². The normalized spacial score (nSPS) is 21.9. The van der Waals surface area contributed by atoms with Crippen molar-refractivity contribution in [2.45, 2.75) is 57.2 Å². The van der Waals surface area contributed by atoms with Crippen molar-refractivity contribution in [3.63, 3.8) is 0 Å². The van der Waals surface area contributed by atoms with Crippen molar-refractivity contribution in [3.8, 4) is 11.5 Å². The molecule has 2 heterocycles. The van der Waals surface area contributed by atoms with Crippen molar-refractivity contribution in [3.05, 3.63) is 59.2 Å². The van der Waals surface area contributed by atoms with Crippen LogP contribution in [0.15, 0.2) is 42.5 Å². The van der Waals surface area contributed by atoms with E-state index in [-0.39, 0.29) is 30.3 Å². The molecule has 3 aliphatic rings. The summed E-state index contributed by atoms with van der Waals surface area (Å²) in [6, 6.07) is 11.9. The molecule has 2 aliphatic heterocycles. The second-order valence-corrected chi connectivity index (χ2v) is 10.2. The average molecular weight is 506 g/mol. The number of piperidine rings is 1. The smallest absolute Gasteiger partial charge is 0.261 e. The van der Waals surface area contributed by atoms with Crippen LogP contribution in [-0.2, 0) is 11.3 Å². The van der Waals surface area contributed by atoms with E-state index in [1.807, 2.05) is 17.0 Å². The quantitative estimate of drug-likeness (QED) is 0.551. The van der Waals surface area contributed by atoms with Crippen LogP contribution in [0.2, 0.25) is 0 Å². The summed E-state index contributed by atoms with van der Waals surface area (Å²) in [4.78, 5) is 43.6. The van der Waals surface area contributed by atoms with Gasteiger partial charge in [0, 0.05) is 30.8 Å². The van der Waals surface area contributed by atoms with Gasteiger partial charge in [-0.1, -0.05) is 31.0 Å². The molecule has 1 saturated heterocycles. The summed E-state index contributed by atoms with van der Waals surface area (Å²) in [5.41, 5.74) is 1.64. The zero-order valence-electron chi connectivity index (χ0n) is 21.6. The van der Waals surface area contributed by atoms with E-state index in [0.717, 1.165) is 37.7 Å². The number of amides is 3. The Balaban J connectivity index is 1.40. The largest absolute Gasteiger partial charge is 0.497 e. The minimum atomic E-state index is -0.727. The monoisotopic (exact) mass is 505 g/mol. The van der Waals surface area contributed by atoms with Gasteiger partial charge in [0.25, 0.3) is 11.8 Å². The number of carbonyl (C=O) groups is 3. The number of carbonyl (C=O) groups excluding carboxylic acids is 3. The van der Waals surface area contributed by atoms with Crippen LogP contribution in [0.25, 0.3) is 0 Å². The fraction of sp³-hybridized carbons (Fsp3) is 0.483. The van der Waals surface area contributed by atoms with Gasteiger partial charge in [0.2, 0.25) is 5.91 Å². The molecule has 0 radical (unpaired) electrons. The number of methoxy groups -OCH3 is 2. The molecule has 196 valence electrons. The maximum Gasteiger partial charge on any atom is 0.261 e. The van der Waals surface area contributed by atoms with Gasteiger partial charge in [-0.05, 0) is 49.8 Å². The SMILES string of the molecule is COc1ccc(CN[C@H](CN2C(=O)c3ccccc3C2=O)C(=O)N2CCC[C@H]3CCCC[C@@H]32)c(OC)c1. The van der Waals surface area contributed by atoms with Crippen LogP contribution in [0.1, 0.15) is 64.8 Å².